The summed E-state index contributed by atoms with van der Waals surface area (Å²) in [5, 5.41) is 3.27. The molecule has 1 fully saturated rings. The highest BCUT2D eigenvalue weighted by Crippen LogP contribution is 2.49. The highest BCUT2D eigenvalue weighted by Gasteiger charge is 2.40. The fourth-order valence-electron chi connectivity index (χ4n) is 4.11. The van der Waals surface area contributed by atoms with E-state index in [1.165, 1.54) is 27.8 Å². The van der Waals surface area contributed by atoms with Gasteiger partial charge in [-0.2, -0.15) is 0 Å². The van der Waals surface area contributed by atoms with E-state index in [1.807, 2.05) is 7.05 Å². The van der Waals surface area contributed by atoms with E-state index in [9.17, 15) is 0 Å². The average Bonchev–Trinajstić information content (AvgIpc) is 2.89. The van der Waals surface area contributed by atoms with Crippen LogP contribution >= 0.6 is 0 Å². The zero-order valence-corrected chi connectivity index (χ0v) is 13.3. The van der Waals surface area contributed by atoms with E-state index >= 15 is 0 Å². The van der Waals surface area contributed by atoms with Crippen LogP contribution in [0.3, 0.4) is 0 Å². The van der Waals surface area contributed by atoms with Gasteiger partial charge < -0.3 is 10.1 Å². The highest BCUT2D eigenvalue weighted by atomic mass is 16.5. The summed E-state index contributed by atoms with van der Waals surface area (Å²) in [5.41, 5.74) is 7.10. The van der Waals surface area contributed by atoms with Crippen molar-refractivity contribution in [3.63, 3.8) is 0 Å². The van der Waals surface area contributed by atoms with Crippen LogP contribution in [0, 0.1) is 6.92 Å². The largest absolute Gasteiger partial charge is 0.368 e. The van der Waals surface area contributed by atoms with E-state index in [2.05, 4.69) is 54.7 Å². The first-order valence-electron chi connectivity index (χ1n) is 8.23. The zero-order chi connectivity index (χ0) is 15.1. The van der Waals surface area contributed by atoms with Gasteiger partial charge in [0.05, 0.1) is 12.2 Å². The summed E-state index contributed by atoms with van der Waals surface area (Å²) in [5.74, 6) is 0.484. The summed E-state index contributed by atoms with van der Waals surface area (Å²) in [6.07, 6.45) is 2.64. The number of hydrogen-bond donors (Lipinski definition) is 1. The second-order valence-corrected chi connectivity index (χ2v) is 6.66. The van der Waals surface area contributed by atoms with E-state index in [4.69, 9.17) is 4.74 Å². The zero-order valence-electron chi connectivity index (χ0n) is 13.3. The number of benzene rings is 2. The number of fused-ring (bicyclic) bond motifs is 5. The number of aryl methyl sites for hydroxylation is 1. The monoisotopic (exact) mass is 293 g/mol. The first kappa shape index (κ1) is 14.0. The predicted octanol–water partition coefficient (Wildman–Crippen LogP) is 3.73. The third kappa shape index (κ3) is 2.27. The Morgan fingerprint density at radius 3 is 2.77 bits per heavy atom. The molecule has 2 aliphatic rings. The Bertz CT molecular complexity index is 694. The first-order chi connectivity index (χ1) is 10.8. The molecule has 1 N–H and O–H groups in total. The van der Waals surface area contributed by atoms with Crippen molar-refractivity contribution < 1.29 is 4.74 Å². The maximum atomic E-state index is 6.46. The molecule has 4 rings (SSSR count). The lowest BCUT2D eigenvalue weighted by molar-refractivity contribution is 0.0419. The van der Waals surface area contributed by atoms with Gasteiger partial charge in [-0.25, -0.2) is 0 Å². The summed E-state index contributed by atoms with van der Waals surface area (Å²) in [4.78, 5) is 0. The Labute approximate surface area is 132 Å². The number of nitrogens with one attached hydrogen (secondary N) is 1. The van der Waals surface area contributed by atoms with Gasteiger partial charge in [-0.05, 0) is 49.1 Å². The quantitative estimate of drug-likeness (QED) is 0.911. The van der Waals surface area contributed by atoms with Crippen molar-refractivity contribution in [2.24, 2.45) is 0 Å². The molecule has 22 heavy (non-hydrogen) atoms. The summed E-state index contributed by atoms with van der Waals surface area (Å²) in [6.45, 7) is 3.10. The highest BCUT2D eigenvalue weighted by molar-refractivity contribution is 5.46. The molecular formula is C20H23NO. The number of likely N-dealkylation sites (N-methyl/N-ethyl adjacent to an activating group) is 1. The molecule has 0 unspecified atom stereocenters. The van der Waals surface area contributed by atoms with E-state index in [0.717, 1.165) is 19.4 Å². The molecule has 114 valence electrons. The van der Waals surface area contributed by atoms with Crippen molar-refractivity contribution in [2.75, 3.05) is 13.6 Å². The molecule has 1 saturated heterocycles. The van der Waals surface area contributed by atoms with Crippen molar-refractivity contribution in [2.45, 2.75) is 37.9 Å². The Balaban J connectivity index is 1.84. The van der Waals surface area contributed by atoms with Crippen LogP contribution in [0.5, 0.6) is 0 Å². The predicted molar refractivity (Wildman–Crippen MR) is 89.3 cm³/mol. The fraction of sp³-hybridized carbons (Fsp3) is 0.400. The normalized spacial score (nSPS) is 26.0. The van der Waals surface area contributed by atoms with Crippen molar-refractivity contribution >= 4 is 0 Å². The van der Waals surface area contributed by atoms with E-state index in [1.54, 1.807) is 0 Å². The molecule has 2 aromatic rings. The van der Waals surface area contributed by atoms with Gasteiger partial charge in [0.25, 0.3) is 0 Å². The van der Waals surface area contributed by atoms with Crippen LogP contribution in [-0.2, 0) is 11.2 Å². The van der Waals surface area contributed by atoms with Crippen LogP contribution in [0.25, 0.3) is 0 Å². The maximum absolute atomic E-state index is 6.46. The SMILES string of the molecule is CNC[C@H]1C[C@@H]2c3ccccc3Cc3ccc(C)cc3[C@@H]2O1. The lowest BCUT2D eigenvalue weighted by Crippen LogP contribution is -2.23. The minimum absolute atomic E-state index is 0.205. The molecule has 2 nitrogen and oxygen atoms in total. The third-order valence-electron chi connectivity index (χ3n) is 5.10. The number of hydrogen-bond acceptors (Lipinski definition) is 2. The van der Waals surface area contributed by atoms with Crippen LogP contribution in [-0.4, -0.2) is 19.7 Å². The van der Waals surface area contributed by atoms with E-state index in [0.29, 0.717) is 12.0 Å². The van der Waals surface area contributed by atoms with Gasteiger partial charge in [0.2, 0.25) is 0 Å². The summed E-state index contributed by atoms with van der Waals surface area (Å²) in [7, 11) is 2.00. The van der Waals surface area contributed by atoms with Gasteiger partial charge in [0.1, 0.15) is 0 Å². The van der Waals surface area contributed by atoms with Gasteiger partial charge in [-0.1, -0.05) is 48.0 Å². The Hall–Kier alpha value is -1.64. The van der Waals surface area contributed by atoms with Crippen molar-refractivity contribution in [3.8, 4) is 0 Å². The topological polar surface area (TPSA) is 21.3 Å². The third-order valence-corrected chi connectivity index (χ3v) is 5.10. The van der Waals surface area contributed by atoms with Crippen molar-refractivity contribution in [3.05, 3.63) is 70.3 Å². The molecular weight excluding hydrogens is 270 g/mol. The maximum Gasteiger partial charge on any atom is 0.0901 e. The first-order valence-corrected chi connectivity index (χ1v) is 8.23. The molecule has 0 bridgehead atoms. The Kier molecular flexibility index (Phi) is 3.51. The lowest BCUT2D eigenvalue weighted by atomic mass is 9.87. The van der Waals surface area contributed by atoms with Gasteiger partial charge in [-0.15, -0.1) is 0 Å². The molecule has 0 spiro atoms. The molecule has 3 atom stereocenters. The van der Waals surface area contributed by atoms with Crippen LogP contribution < -0.4 is 5.32 Å². The molecule has 0 saturated carbocycles. The standard InChI is InChI=1S/C20H23NO/c1-13-7-8-15-10-14-5-3-4-6-17(14)19-11-16(12-21-2)22-20(19)18(15)9-13/h3-9,16,19-21H,10-12H2,1-2H3/t16-,19-,20+/m1/s1. The van der Waals surface area contributed by atoms with Gasteiger partial charge in [-0.3, -0.25) is 0 Å². The van der Waals surface area contributed by atoms with Gasteiger partial charge >= 0.3 is 0 Å². The summed E-state index contributed by atoms with van der Waals surface area (Å²) < 4.78 is 6.46. The Morgan fingerprint density at radius 2 is 1.91 bits per heavy atom. The lowest BCUT2D eigenvalue weighted by Gasteiger charge is -2.20. The molecule has 0 aromatic heterocycles. The minimum Gasteiger partial charge on any atom is -0.368 e. The van der Waals surface area contributed by atoms with Crippen molar-refractivity contribution in [1.29, 1.82) is 0 Å². The Morgan fingerprint density at radius 1 is 1.09 bits per heavy atom. The second-order valence-electron chi connectivity index (χ2n) is 6.66. The molecule has 0 radical (unpaired) electrons. The molecule has 2 aromatic carbocycles. The molecule has 1 heterocycles. The smallest absolute Gasteiger partial charge is 0.0901 e. The van der Waals surface area contributed by atoms with Crippen LogP contribution in [0.1, 0.15) is 46.3 Å². The van der Waals surface area contributed by atoms with Crippen LogP contribution in [0.2, 0.25) is 0 Å². The number of rotatable bonds is 2. The second kappa shape index (κ2) is 5.53. The fourth-order valence-corrected chi connectivity index (χ4v) is 4.11. The molecule has 0 amide bonds. The van der Waals surface area contributed by atoms with Gasteiger partial charge in [0, 0.05) is 12.5 Å². The van der Waals surface area contributed by atoms with Crippen LogP contribution in [0.15, 0.2) is 42.5 Å². The summed E-state index contributed by atoms with van der Waals surface area (Å²) >= 11 is 0. The van der Waals surface area contributed by atoms with Gasteiger partial charge in [0.15, 0.2) is 0 Å². The molecule has 1 aliphatic carbocycles. The average molecular weight is 293 g/mol. The number of ether oxygens (including phenoxy) is 1. The van der Waals surface area contributed by atoms with E-state index in [-0.39, 0.29) is 6.10 Å². The molecule has 1 aliphatic heterocycles. The van der Waals surface area contributed by atoms with Crippen molar-refractivity contribution in [1.82, 2.24) is 5.32 Å². The summed E-state index contributed by atoms with van der Waals surface area (Å²) in [6, 6.07) is 15.8. The minimum atomic E-state index is 0.205. The molecule has 2 heteroatoms. The van der Waals surface area contributed by atoms with Crippen LogP contribution in [0.4, 0.5) is 0 Å². The van der Waals surface area contributed by atoms with E-state index < -0.39 is 0 Å².